The molecule has 1 aromatic carbocycles. The zero-order chi connectivity index (χ0) is 14.0. The Hall–Kier alpha value is -2.37. The number of nitrogens with one attached hydrogen (secondary N) is 1. The Balaban J connectivity index is 2.41. The van der Waals surface area contributed by atoms with Crippen LogP contribution in [-0.2, 0) is 4.79 Å². The molecule has 0 spiro atoms. The number of benzene rings is 1. The van der Waals surface area contributed by atoms with E-state index in [0.717, 1.165) is 0 Å². The van der Waals surface area contributed by atoms with Gasteiger partial charge in [0.2, 0.25) is 0 Å². The van der Waals surface area contributed by atoms with E-state index in [-0.39, 0.29) is 0 Å². The number of carboxylic acid groups (broad SMARTS) is 1. The minimum Gasteiger partial charge on any atom is -0.497 e. The maximum absolute atomic E-state index is 10.8. The summed E-state index contributed by atoms with van der Waals surface area (Å²) in [5.74, 6) is 0.254. The number of aromatic nitrogens is 2. The maximum atomic E-state index is 10.8. The predicted octanol–water partition coefficient (Wildman–Crippen LogP) is 1.83. The van der Waals surface area contributed by atoms with Crippen molar-refractivity contribution < 1.29 is 14.6 Å². The molecule has 0 bridgehead atoms. The minimum absolute atomic E-state index is 0.479. The molecule has 6 nitrogen and oxygen atoms in total. The van der Waals surface area contributed by atoms with E-state index in [0.29, 0.717) is 28.3 Å². The molecule has 0 saturated carbocycles. The number of carboxylic acids is 1. The number of fused-ring (bicyclic) bond motifs is 1. The van der Waals surface area contributed by atoms with Crippen molar-refractivity contribution in [2.75, 3.05) is 12.4 Å². The fraction of sp³-hybridized carbons (Fsp3) is 0.308. The number of carbonyl (C=O) groups is 1. The van der Waals surface area contributed by atoms with Crippen molar-refractivity contribution in [2.45, 2.75) is 19.9 Å². The molecule has 100 valence electrons. The first kappa shape index (κ1) is 13.1. The Morgan fingerprint density at radius 3 is 2.74 bits per heavy atom. The van der Waals surface area contributed by atoms with Crippen molar-refractivity contribution in [3.63, 3.8) is 0 Å². The Bertz CT molecular complexity index is 628. The standard InChI is InChI=1S/C13H15N3O3/c1-7-12(15-8(2)13(17)18)16-10-5-4-9(19-3)6-11(10)14-7/h4-6,8H,1-3H3,(H,15,16)(H,17,18)/t8-/m0/s1. The molecule has 1 aromatic heterocycles. The predicted molar refractivity (Wildman–Crippen MR) is 71.5 cm³/mol. The van der Waals surface area contributed by atoms with Crippen LogP contribution in [0.4, 0.5) is 5.82 Å². The quantitative estimate of drug-likeness (QED) is 0.873. The summed E-state index contributed by atoms with van der Waals surface area (Å²) in [5.41, 5.74) is 2.05. The molecule has 2 N–H and O–H groups in total. The van der Waals surface area contributed by atoms with Gasteiger partial charge in [0.1, 0.15) is 17.6 Å². The van der Waals surface area contributed by atoms with Gasteiger partial charge in [0.15, 0.2) is 0 Å². The van der Waals surface area contributed by atoms with Crippen molar-refractivity contribution in [1.29, 1.82) is 0 Å². The molecule has 19 heavy (non-hydrogen) atoms. The van der Waals surface area contributed by atoms with Crippen molar-refractivity contribution in [3.8, 4) is 5.75 Å². The smallest absolute Gasteiger partial charge is 0.325 e. The van der Waals surface area contributed by atoms with Crippen LogP contribution in [0, 0.1) is 6.92 Å². The van der Waals surface area contributed by atoms with Gasteiger partial charge in [-0.15, -0.1) is 0 Å². The van der Waals surface area contributed by atoms with Crippen LogP contribution in [0.3, 0.4) is 0 Å². The second-order valence-electron chi connectivity index (χ2n) is 4.22. The van der Waals surface area contributed by atoms with Crippen LogP contribution >= 0.6 is 0 Å². The first-order valence-corrected chi connectivity index (χ1v) is 5.83. The van der Waals surface area contributed by atoms with Crippen LogP contribution in [0.25, 0.3) is 11.0 Å². The lowest BCUT2D eigenvalue weighted by Crippen LogP contribution is -2.26. The van der Waals surface area contributed by atoms with Gasteiger partial charge in [-0.1, -0.05) is 0 Å². The molecule has 0 fully saturated rings. The Morgan fingerprint density at radius 1 is 1.37 bits per heavy atom. The van der Waals surface area contributed by atoms with Crippen molar-refractivity contribution in [3.05, 3.63) is 23.9 Å². The second-order valence-corrected chi connectivity index (χ2v) is 4.22. The van der Waals surface area contributed by atoms with E-state index in [1.807, 2.05) is 0 Å². The highest BCUT2D eigenvalue weighted by molar-refractivity contribution is 5.80. The molecule has 0 aliphatic carbocycles. The molecule has 1 atom stereocenters. The largest absolute Gasteiger partial charge is 0.497 e. The molecule has 1 heterocycles. The van der Waals surface area contributed by atoms with E-state index in [4.69, 9.17) is 9.84 Å². The third kappa shape index (κ3) is 2.73. The highest BCUT2D eigenvalue weighted by Gasteiger charge is 2.13. The molecular formula is C13H15N3O3. The van der Waals surface area contributed by atoms with Gasteiger partial charge in [-0.25, -0.2) is 9.97 Å². The first-order valence-electron chi connectivity index (χ1n) is 5.83. The summed E-state index contributed by atoms with van der Waals surface area (Å²) in [7, 11) is 1.59. The molecule has 2 rings (SSSR count). The van der Waals surface area contributed by atoms with Crippen LogP contribution < -0.4 is 10.1 Å². The van der Waals surface area contributed by atoms with E-state index in [1.165, 1.54) is 0 Å². The zero-order valence-electron chi connectivity index (χ0n) is 11.0. The maximum Gasteiger partial charge on any atom is 0.325 e. The highest BCUT2D eigenvalue weighted by Crippen LogP contribution is 2.21. The van der Waals surface area contributed by atoms with E-state index in [2.05, 4.69) is 15.3 Å². The average molecular weight is 261 g/mol. The molecule has 6 heteroatoms. The lowest BCUT2D eigenvalue weighted by atomic mass is 10.2. The third-order valence-electron chi connectivity index (χ3n) is 2.77. The number of aryl methyl sites for hydroxylation is 1. The lowest BCUT2D eigenvalue weighted by Gasteiger charge is -2.12. The molecule has 0 aliphatic rings. The Morgan fingerprint density at radius 2 is 2.11 bits per heavy atom. The highest BCUT2D eigenvalue weighted by atomic mass is 16.5. The molecule has 0 radical (unpaired) electrons. The fourth-order valence-corrected chi connectivity index (χ4v) is 1.65. The lowest BCUT2D eigenvalue weighted by molar-refractivity contribution is -0.137. The summed E-state index contributed by atoms with van der Waals surface area (Å²) in [6.45, 7) is 3.34. The third-order valence-corrected chi connectivity index (χ3v) is 2.77. The number of hydrogen-bond donors (Lipinski definition) is 2. The minimum atomic E-state index is -0.934. The number of ether oxygens (including phenoxy) is 1. The summed E-state index contributed by atoms with van der Waals surface area (Å²) >= 11 is 0. The molecule has 2 aromatic rings. The number of nitrogens with zero attached hydrogens (tertiary/aromatic N) is 2. The van der Waals surface area contributed by atoms with Crippen LogP contribution in [0.5, 0.6) is 5.75 Å². The molecule has 0 unspecified atom stereocenters. The van der Waals surface area contributed by atoms with Gasteiger partial charge >= 0.3 is 5.97 Å². The van der Waals surface area contributed by atoms with Crippen molar-refractivity contribution >= 4 is 22.8 Å². The van der Waals surface area contributed by atoms with Gasteiger partial charge in [0, 0.05) is 6.07 Å². The summed E-state index contributed by atoms with van der Waals surface area (Å²) in [6.07, 6.45) is 0. The van der Waals surface area contributed by atoms with Gasteiger partial charge in [-0.05, 0) is 26.0 Å². The Labute approximate surface area is 110 Å². The molecule has 0 aliphatic heterocycles. The van der Waals surface area contributed by atoms with Gasteiger partial charge in [-0.2, -0.15) is 0 Å². The van der Waals surface area contributed by atoms with E-state index in [9.17, 15) is 4.79 Å². The van der Waals surface area contributed by atoms with Crippen LogP contribution in [0.2, 0.25) is 0 Å². The first-order chi connectivity index (χ1) is 9.01. The Kier molecular flexibility index (Phi) is 3.50. The number of anilines is 1. The topological polar surface area (TPSA) is 84.3 Å². The van der Waals surface area contributed by atoms with Crippen molar-refractivity contribution in [2.24, 2.45) is 0 Å². The number of hydrogen-bond acceptors (Lipinski definition) is 5. The van der Waals surface area contributed by atoms with Gasteiger partial charge in [0.05, 0.1) is 23.8 Å². The van der Waals surface area contributed by atoms with Crippen LogP contribution in [-0.4, -0.2) is 34.2 Å². The van der Waals surface area contributed by atoms with Gasteiger partial charge in [0.25, 0.3) is 0 Å². The van der Waals surface area contributed by atoms with E-state index >= 15 is 0 Å². The van der Waals surface area contributed by atoms with Crippen LogP contribution in [0.15, 0.2) is 18.2 Å². The number of rotatable bonds is 4. The van der Waals surface area contributed by atoms with Gasteiger partial charge < -0.3 is 15.2 Å². The molecule has 0 amide bonds. The summed E-state index contributed by atoms with van der Waals surface area (Å²) in [5, 5.41) is 11.7. The zero-order valence-corrected chi connectivity index (χ0v) is 11.0. The summed E-state index contributed by atoms with van der Waals surface area (Å²) in [4.78, 5) is 19.6. The number of methoxy groups -OCH3 is 1. The monoisotopic (exact) mass is 261 g/mol. The molecular weight excluding hydrogens is 246 g/mol. The fourth-order valence-electron chi connectivity index (χ4n) is 1.65. The van der Waals surface area contributed by atoms with Crippen LogP contribution in [0.1, 0.15) is 12.6 Å². The van der Waals surface area contributed by atoms with Gasteiger partial charge in [-0.3, -0.25) is 4.79 Å². The second kappa shape index (κ2) is 5.09. The SMILES string of the molecule is COc1ccc2nc(N[C@@H](C)C(=O)O)c(C)nc2c1. The molecule has 0 saturated heterocycles. The van der Waals surface area contributed by atoms with Crippen molar-refractivity contribution in [1.82, 2.24) is 9.97 Å². The van der Waals surface area contributed by atoms with E-state index in [1.54, 1.807) is 39.2 Å². The number of aliphatic carboxylic acids is 1. The summed E-state index contributed by atoms with van der Waals surface area (Å²) in [6, 6.07) is 4.65. The van der Waals surface area contributed by atoms with E-state index < -0.39 is 12.0 Å². The normalized spacial score (nSPS) is 12.2. The average Bonchev–Trinajstić information content (AvgIpc) is 2.38. The summed E-state index contributed by atoms with van der Waals surface area (Å²) < 4.78 is 5.13.